The summed E-state index contributed by atoms with van der Waals surface area (Å²) in [4.78, 5) is 22.7. The quantitative estimate of drug-likeness (QED) is 0.844. The Balaban J connectivity index is 2.10. The van der Waals surface area contributed by atoms with Crippen LogP contribution in [0.25, 0.3) is 0 Å². The lowest BCUT2D eigenvalue weighted by molar-refractivity contribution is -0.144. The average Bonchev–Trinajstić information content (AvgIpc) is 2.37. The van der Waals surface area contributed by atoms with Crippen molar-refractivity contribution in [2.24, 2.45) is 0 Å². The highest BCUT2D eigenvalue weighted by Crippen LogP contribution is 2.33. The molecule has 1 heterocycles. The summed E-state index contributed by atoms with van der Waals surface area (Å²) in [6, 6.07) is 6.05. The second-order valence-electron chi connectivity index (χ2n) is 4.38. The maximum atomic E-state index is 12.0. The second kappa shape index (κ2) is 5.17. The van der Waals surface area contributed by atoms with E-state index in [2.05, 4.69) is 5.32 Å². The fourth-order valence-electron chi connectivity index (χ4n) is 1.76. The van der Waals surface area contributed by atoms with Crippen LogP contribution in [0.15, 0.2) is 24.3 Å². The van der Waals surface area contributed by atoms with E-state index in [9.17, 15) is 9.59 Å². The molecule has 0 radical (unpaired) electrons. The first-order chi connectivity index (χ1) is 8.99. The van der Waals surface area contributed by atoms with E-state index in [0.717, 1.165) is 0 Å². The van der Waals surface area contributed by atoms with Gasteiger partial charge in [-0.3, -0.25) is 9.59 Å². The van der Waals surface area contributed by atoms with Crippen LogP contribution >= 0.6 is 0 Å². The Morgan fingerprint density at radius 1 is 1.26 bits per heavy atom. The van der Waals surface area contributed by atoms with Crippen molar-refractivity contribution in [2.75, 3.05) is 0 Å². The fraction of sp³-hybridized carbons (Fsp3) is 0.385. The summed E-state index contributed by atoms with van der Waals surface area (Å²) in [7, 11) is 0. The molecule has 0 aromatic heterocycles. The number of rotatable bonds is 3. The Labute approximate surface area is 110 Å². The molecule has 2 N–H and O–H groups in total. The molecule has 0 spiro atoms. The van der Waals surface area contributed by atoms with Crippen LogP contribution in [0.1, 0.15) is 13.8 Å². The number of hydrogen-bond donors (Lipinski definition) is 2. The Morgan fingerprint density at radius 3 is 2.42 bits per heavy atom. The van der Waals surface area contributed by atoms with Gasteiger partial charge in [0, 0.05) is 0 Å². The smallest absolute Gasteiger partial charge is 0.325 e. The highest BCUT2D eigenvalue weighted by Gasteiger charge is 2.35. The predicted octanol–water partition coefficient (Wildman–Crippen LogP) is 0.804. The molecule has 102 valence electrons. The van der Waals surface area contributed by atoms with Gasteiger partial charge in [-0.15, -0.1) is 0 Å². The number of fused-ring (bicyclic) bond motifs is 1. The van der Waals surface area contributed by atoms with E-state index in [1.165, 1.54) is 6.92 Å². The van der Waals surface area contributed by atoms with Crippen molar-refractivity contribution in [1.82, 2.24) is 5.32 Å². The summed E-state index contributed by atoms with van der Waals surface area (Å²) in [5.74, 6) is -0.552. The molecular weight excluding hydrogens is 250 g/mol. The van der Waals surface area contributed by atoms with E-state index in [4.69, 9.17) is 14.6 Å². The van der Waals surface area contributed by atoms with Crippen molar-refractivity contribution in [3.8, 4) is 11.5 Å². The molecule has 1 aromatic carbocycles. The molecule has 1 aliphatic heterocycles. The van der Waals surface area contributed by atoms with Crippen LogP contribution in [0.5, 0.6) is 11.5 Å². The first-order valence-corrected chi connectivity index (χ1v) is 5.94. The van der Waals surface area contributed by atoms with Gasteiger partial charge in [0.05, 0.1) is 0 Å². The van der Waals surface area contributed by atoms with Gasteiger partial charge in [0.15, 0.2) is 11.5 Å². The molecule has 1 amide bonds. The number of carboxylic acid groups (broad SMARTS) is 1. The largest absolute Gasteiger partial charge is 0.482 e. The first kappa shape index (κ1) is 13.2. The fourth-order valence-corrected chi connectivity index (χ4v) is 1.76. The van der Waals surface area contributed by atoms with Crippen LogP contribution in [0.4, 0.5) is 0 Å². The van der Waals surface area contributed by atoms with Crippen molar-refractivity contribution in [1.29, 1.82) is 0 Å². The third-order valence-corrected chi connectivity index (χ3v) is 2.83. The molecule has 3 atom stereocenters. The molecule has 3 unspecified atom stereocenters. The van der Waals surface area contributed by atoms with Crippen molar-refractivity contribution < 1.29 is 24.2 Å². The van der Waals surface area contributed by atoms with Crippen LogP contribution in [-0.2, 0) is 9.59 Å². The van der Waals surface area contributed by atoms with Gasteiger partial charge >= 0.3 is 5.97 Å². The zero-order valence-electron chi connectivity index (χ0n) is 10.6. The number of benzene rings is 1. The average molecular weight is 265 g/mol. The van der Waals surface area contributed by atoms with Crippen molar-refractivity contribution in [3.63, 3.8) is 0 Å². The van der Waals surface area contributed by atoms with Crippen LogP contribution in [0.2, 0.25) is 0 Å². The van der Waals surface area contributed by atoms with E-state index in [1.54, 1.807) is 25.1 Å². The molecule has 1 aromatic rings. The molecule has 0 saturated carbocycles. The van der Waals surface area contributed by atoms with Gasteiger partial charge in [0.2, 0.25) is 6.10 Å². The second-order valence-corrected chi connectivity index (χ2v) is 4.38. The third kappa shape index (κ3) is 2.78. The van der Waals surface area contributed by atoms with Crippen LogP contribution in [0, 0.1) is 0 Å². The zero-order chi connectivity index (χ0) is 14.0. The molecule has 19 heavy (non-hydrogen) atoms. The van der Waals surface area contributed by atoms with Gasteiger partial charge in [-0.05, 0) is 26.0 Å². The van der Waals surface area contributed by atoms with Crippen LogP contribution in [-0.4, -0.2) is 35.2 Å². The number of hydrogen-bond acceptors (Lipinski definition) is 4. The number of ether oxygens (including phenoxy) is 2. The number of nitrogens with one attached hydrogen (secondary N) is 1. The number of amides is 1. The van der Waals surface area contributed by atoms with Gasteiger partial charge in [0.25, 0.3) is 5.91 Å². The summed E-state index contributed by atoms with van der Waals surface area (Å²) in [5.41, 5.74) is 0. The molecular formula is C13H15NO5. The topological polar surface area (TPSA) is 84.9 Å². The number of para-hydroxylation sites is 2. The number of aliphatic carboxylic acids is 1. The lowest BCUT2D eigenvalue weighted by Crippen LogP contribution is -2.52. The highest BCUT2D eigenvalue weighted by atomic mass is 16.6. The molecule has 0 bridgehead atoms. The van der Waals surface area contributed by atoms with E-state index < -0.39 is 30.1 Å². The highest BCUT2D eigenvalue weighted by molar-refractivity contribution is 5.87. The molecule has 0 fully saturated rings. The normalized spacial score (nSPS) is 22.4. The zero-order valence-corrected chi connectivity index (χ0v) is 10.6. The first-order valence-electron chi connectivity index (χ1n) is 5.94. The summed E-state index contributed by atoms with van der Waals surface area (Å²) in [5, 5.41) is 11.1. The minimum atomic E-state index is -1.10. The minimum absolute atomic E-state index is 0.476. The van der Waals surface area contributed by atoms with Gasteiger partial charge in [-0.1, -0.05) is 12.1 Å². The Morgan fingerprint density at radius 2 is 1.84 bits per heavy atom. The number of carbonyl (C=O) groups is 2. The molecule has 2 rings (SSSR count). The molecule has 0 aliphatic carbocycles. The van der Waals surface area contributed by atoms with Crippen molar-refractivity contribution >= 4 is 11.9 Å². The van der Waals surface area contributed by atoms with Gasteiger partial charge < -0.3 is 19.9 Å². The van der Waals surface area contributed by atoms with E-state index in [0.29, 0.717) is 11.5 Å². The predicted molar refractivity (Wildman–Crippen MR) is 66.2 cm³/mol. The van der Waals surface area contributed by atoms with E-state index in [-0.39, 0.29) is 0 Å². The van der Waals surface area contributed by atoms with E-state index >= 15 is 0 Å². The molecule has 0 saturated heterocycles. The van der Waals surface area contributed by atoms with Crippen molar-refractivity contribution in [2.45, 2.75) is 32.1 Å². The summed E-state index contributed by atoms with van der Waals surface area (Å²) >= 11 is 0. The lowest BCUT2D eigenvalue weighted by atomic mass is 10.1. The van der Waals surface area contributed by atoms with Gasteiger partial charge in [0.1, 0.15) is 12.1 Å². The Bertz CT molecular complexity index is 502. The van der Waals surface area contributed by atoms with E-state index in [1.807, 2.05) is 6.07 Å². The molecule has 6 heteroatoms. The molecule has 6 nitrogen and oxygen atoms in total. The van der Waals surface area contributed by atoms with Crippen LogP contribution in [0.3, 0.4) is 0 Å². The van der Waals surface area contributed by atoms with Gasteiger partial charge in [-0.25, -0.2) is 0 Å². The maximum Gasteiger partial charge on any atom is 0.325 e. The van der Waals surface area contributed by atoms with Gasteiger partial charge in [-0.2, -0.15) is 0 Å². The SMILES string of the molecule is CC(NC(=O)C1Oc2ccccc2OC1C)C(=O)O. The minimum Gasteiger partial charge on any atom is -0.482 e. The summed E-state index contributed by atoms with van der Waals surface area (Å²) in [6.45, 7) is 3.09. The van der Waals surface area contributed by atoms with Crippen LogP contribution < -0.4 is 14.8 Å². The summed E-state index contributed by atoms with van der Waals surface area (Å²) < 4.78 is 11.1. The number of carboxylic acids is 1. The lowest BCUT2D eigenvalue weighted by Gasteiger charge is -2.31. The number of carbonyl (C=O) groups excluding carboxylic acids is 1. The standard InChI is InChI=1S/C13H15NO5/c1-7(13(16)17)14-12(15)11-8(2)18-9-5-3-4-6-10(9)19-11/h3-8,11H,1-2H3,(H,14,15)(H,16,17). The summed E-state index contributed by atoms with van der Waals surface area (Å²) in [6.07, 6.45) is -1.35. The third-order valence-electron chi connectivity index (χ3n) is 2.83. The monoisotopic (exact) mass is 265 g/mol. The Kier molecular flexibility index (Phi) is 3.59. The molecule has 1 aliphatic rings. The van der Waals surface area contributed by atoms with Crippen molar-refractivity contribution in [3.05, 3.63) is 24.3 Å². The maximum absolute atomic E-state index is 12.0. The Hall–Kier alpha value is -2.24.